The Morgan fingerprint density at radius 1 is 1.24 bits per heavy atom. The lowest BCUT2D eigenvalue weighted by atomic mass is 9.95. The largest absolute Gasteiger partial charge is 0.494 e. The summed E-state index contributed by atoms with van der Waals surface area (Å²) in [6, 6.07) is 6.48. The van der Waals surface area contributed by atoms with Crippen LogP contribution in [0.5, 0.6) is 5.75 Å². The van der Waals surface area contributed by atoms with Gasteiger partial charge in [0.2, 0.25) is 10.0 Å². The van der Waals surface area contributed by atoms with Crippen molar-refractivity contribution in [3.05, 3.63) is 24.3 Å². The number of hydrogen-bond acceptors (Lipinski definition) is 4. The van der Waals surface area contributed by atoms with Gasteiger partial charge in [-0.3, -0.25) is 0 Å². The summed E-state index contributed by atoms with van der Waals surface area (Å²) in [6.45, 7) is 6.47. The first-order valence-electron chi connectivity index (χ1n) is 6.90. The lowest BCUT2D eigenvalue weighted by Crippen LogP contribution is -2.52. The van der Waals surface area contributed by atoms with Gasteiger partial charge in [-0.25, -0.2) is 13.1 Å². The second-order valence-corrected chi connectivity index (χ2v) is 6.39. The topological polar surface area (TPSA) is 81.4 Å². The molecule has 0 amide bonds. The van der Waals surface area contributed by atoms with E-state index in [4.69, 9.17) is 10.5 Å². The van der Waals surface area contributed by atoms with E-state index in [0.717, 1.165) is 0 Å². The van der Waals surface area contributed by atoms with Gasteiger partial charge in [-0.1, -0.05) is 19.9 Å². The normalized spacial score (nSPS) is 11.8. The quantitative estimate of drug-likeness (QED) is 0.763. The molecule has 122 valence electrons. The summed E-state index contributed by atoms with van der Waals surface area (Å²) >= 11 is 0. The molecule has 0 aliphatic heterocycles. The molecule has 5 nitrogen and oxygen atoms in total. The van der Waals surface area contributed by atoms with Crippen LogP contribution >= 0.6 is 12.4 Å². The Hall–Kier alpha value is -0.820. The van der Waals surface area contributed by atoms with E-state index in [1.165, 1.54) is 6.07 Å². The highest BCUT2D eigenvalue weighted by molar-refractivity contribution is 7.89. The molecule has 3 N–H and O–H groups in total. The lowest BCUT2D eigenvalue weighted by Gasteiger charge is -2.31. The zero-order valence-corrected chi connectivity index (χ0v) is 14.4. The number of benzene rings is 1. The molecule has 1 aromatic rings. The van der Waals surface area contributed by atoms with Gasteiger partial charge in [-0.15, -0.1) is 12.4 Å². The standard InChI is InChI=1S/C14H24N2O3S.ClH/c1-4-14(5-2,11-15)16-20(17,18)13-9-7-8-12(10-13)19-6-3;/h7-10,16H,4-6,11,15H2,1-3H3;1H. The highest BCUT2D eigenvalue weighted by Gasteiger charge is 2.30. The first-order valence-corrected chi connectivity index (χ1v) is 8.38. The summed E-state index contributed by atoms with van der Waals surface area (Å²) in [6.07, 6.45) is 1.29. The summed E-state index contributed by atoms with van der Waals surface area (Å²) in [5.41, 5.74) is 5.14. The van der Waals surface area contributed by atoms with Crippen molar-refractivity contribution >= 4 is 22.4 Å². The Bertz CT molecular complexity index is 523. The Morgan fingerprint density at radius 3 is 2.33 bits per heavy atom. The van der Waals surface area contributed by atoms with Crippen LogP contribution in [-0.4, -0.2) is 27.1 Å². The van der Waals surface area contributed by atoms with Crippen LogP contribution in [-0.2, 0) is 10.0 Å². The highest BCUT2D eigenvalue weighted by Crippen LogP contribution is 2.21. The molecule has 0 saturated heterocycles. The van der Waals surface area contributed by atoms with Gasteiger partial charge in [0.25, 0.3) is 0 Å². The van der Waals surface area contributed by atoms with Crippen molar-refractivity contribution in [2.24, 2.45) is 5.73 Å². The van der Waals surface area contributed by atoms with Crippen LogP contribution in [0.4, 0.5) is 0 Å². The molecule has 0 heterocycles. The molecule has 0 atom stereocenters. The maximum atomic E-state index is 12.5. The number of nitrogens with one attached hydrogen (secondary N) is 1. The fourth-order valence-corrected chi connectivity index (χ4v) is 3.56. The van der Waals surface area contributed by atoms with Gasteiger partial charge in [0.15, 0.2) is 0 Å². The third-order valence-corrected chi connectivity index (χ3v) is 5.10. The fourth-order valence-electron chi connectivity index (χ4n) is 1.97. The van der Waals surface area contributed by atoms with E-state index in [-0.39, 0.29) is 23.8 Å². The van der Waals surface area contributed by atoms with Gasteiger partial charge in [-0.2, -0.15) is 0 Å². The Labute approximate surface area is 133 Å². The lowest BCUT2D eigenvalue weighted by molar-refractivity contribution is 0.339. The minimum atomic E-state index is -3.61. The number of ether oxygens (including phenoxy) is 1. The number of halogens is 1. The summed E-state index contributed by atoms with van der Waals surface area (Å²) in [5.74, 6) is 0.543. The first kappa shape index (κ1) is 20.2. The molecule has 0 radical (unpaired) electrons. The zero-order valence-electron chi connectivity index (χ0n) is 12.8. The van der Waals surface area contributed by atoms with Gasteiger partial charge in [-0.05, 0) is 31.9 Å². The van der Waals surface area contributed by atoms with Crippen LogP contribution in [0.3, 0.4) is 0 Å². The van der Waals surface area contributed by atoms with Crippen LogP contribution in [0, 0.1) is 0 Å². The van der Waals surface area contributed by atoms with E-state index in [1.54, 1.807) is 18.2 Å². The predicted molar refractivity (Wildman–Crippen MR) is 87.5 cm³/mol. The molecule has 0 spiro atoms. The van der Waals surface area contributed by atoms with Crippen LogP contribution in [0.1, 0.15) is 33.6 Å². The van der Waals surface area contributed by atoms with Crippen LogP contribution in [0.25, 0.3) is 0 Å². The number of rotatable bonds is 8. The van der Waals surface area contributed by atoms with E-state index in [0.29, 0.717) is 25.2 Å². The average molecular weight is 337 g/mol. The van der Waals surface area contributed by atoms with E-state index in [2.05, 4.69) is 4.72 Å². The molecule has 7 heteroatoms. The van der Waals surface area contributed by atoms with Crippen molar-refractivity contribution in [2.45, 2.75) is 44.0 Å². The van der Waals surface area contributed by atoms with Gasteiger partial charge in [0.1, 0.15) is 5.75 Å². The number of sulfonamides is 1. The third kappa shape index (κ3) is 5.14. The SMILES string of the molecule is CCOc1cccc(S(=O)(=O)NC(CC)(CC)CN)c1.Cl. The molecule has 0 bridgehead atoms. The Morgan fingerprint density at radius 2 is 1.86 bits per heavy atom. The van der Waals surface area contributed by atoms with Crippen molar-refractivity contribution in [2.75, 3.05) is 13.2 Å². The van der Waals surface area contributed by atoms with Crippen molar-refractivity contribution in [1.29, 1.82) is 0 Å². The molecular formula is C14H25ClN2O3S. The number of hydrogen-bond donors (Lipinski definition) is 2. The molecule has 0 aromatic heterocycles. The van der Waals surface area contributed by atoms with E-state index >= 15 is 0 Å². The van der Waals surface area contributed by atoms with Gasteiger partial charge < -0.3 is 10.5 Å². The van der Waals surface area contributed by atoms with Crippen LogP contribution < -0.4 is 15.2 Å². The fraction of sp³-hybridized carbons (Fsp3) is 0.571. The van der Waals surface area contributed by atoms with Crippen molar-refractivity contribution in [3.63, 3.8) is 0 Å². The molecule has 0 fully saturated rings. The smallest absolute Gasteiger partial charge is 0.241 e. The van der Waals surface area contributed by atoms with Crippen LogP contribution in [0.15, 0.2) is 29.2 Å². The summed E-state index contributed by atoms with van der Waals surface area (Å²) in [7, 11) is -3.61. The Balaban J connectivity index is 0.00000400. The van der Waals surface area contributed by atoms with Crippen molar-refractivity contribution < 1.29 is 13.2 Å². The maximum absolute atomic E-state index is 12.5. The second-order valence-electron chi connectivity index (χ2n) is 4.70. The molecule has 1 rings (SSSR count). The van der Waals surface area contributed by atoms with E-state index < -0.39 is 15.6 Å². The molecule has 0 aliphatic rings. The molecule has 0 saturated carbocycles. The summed E-state index contributed by atoms with van der Waals surface area (Å²) in [4.78, 5) is 0.197. The van der Waals surface area contributed by atoms with Gasteiger partial charge in [0.05, 0.1) is 11.5 Å². The molecule has 0 aliphatic carbocycles. The molecule has 21 heavy (non-hydrogen) atoms. The van der Waals surface area contributed by atoms with Gasteiger partial charge >= 0.3 is 0 Å². The third-order valence-electron chi connectivity index (χ3n) is 3.52. The maximum Gasteiger partial charge on any atom is 0.241 e. The van der Waals surface area contributed by atoms with Gasteiger partial charge in [0, 0.05) is 18.2 Å². The number of nitrogens with two attached hydrogens (primary N) is 1. The predicted octanol–water partition coefficient (Wildman–Crippen LogP) is 2.30. The van der Waals surface area contributed by atoms with Crippen molar-refractivity contribution in [3.8, 4) is 5.75 Å². The highest BCUT2D eigenvalue weighted by atomic mass is 35.5. The van der Waals surface area contributed by atoms with Crippen molar-refractivity contribution in [1.82, 2.24) is 4.72 Å². The average Bonchev–Trinajstić information content (AvgIpc) is 2.46. The van der Waals surface area contributed by atoms with E-state index in [9.17, 15) is 8.42 Å². The second kappa shape index (κ2) is 8.58. The minimum Gasteiger partial charge on any atom is -0.494 e. The summed E-state index contributed by atoms with van der Waals surface area (Å²) in [5, 5.41) is 0. The monoisotopic (exact) mass is 336 g/mol. The van der Waals surface area contributed by atoms with E-state index in [1.807, 2.05) is 20.8 Å². The molecule has 1 aromatic carbocycles. The summed E-state index contributed by atoms with van der Waals surface area (Å²) < 4.78 is 33.0. The molecular weight excluding hydrogens is 312 g/mol. The van der Waals surface area contributed by atoms with Crippen LogP contribution in [0.2, 0.25) is 0 Å². The Kier molecular flexibility index (Phi) is 8.25. The first-order chi connectivity index (χ1) is 9.43. The zero-order chi connectivity index (χ0) is 15.2. The molecule has 0 unspecified atom stereocenters. The minimum absolute atomic E-state index is 0.